The third-order valence-corrected chi connectivity index (χ3v) is 2.85. The molecule has 1 aromatic rings. The Hall–Kier alpha value is 0.0500. The summed E-state index contributed by atoms with van der Waals surface area (Å²) in [5.74, 6) is 1.08. The topological polar surface area (TPSA) is 0 Å². The van der Waals surface area contributed by atoms with Crippen LogP contribution >= 0.6 is 27.7 Å². The highest BCUT2D eigenvalue weighted by Crippen LogP contribution is 2.21. The fourth-order valence-corrected chi connectivity index (χ4v) is 2.31. The van der Waals surface area contributed by atoms with Crippen LogP contribution in [0.5, 0.6) is 0 Å². The molecule has 0 radical (unpaired) electrons. The van der Waals surface area contributed by atoms with E-state index in [0.717, 1.165) is 5.75 Å². The van der Waals surface area contributed by atoms with Gasteiger partial charge >= 0.3 is 0 Å². The van der Waals surface area contributed by atoms with E-state index in [1.54, 1.807) is 0 Å². The standard InChI is InChI=1S/C9H11BrS/c1-7-3-4-8(6-11-2)9(10)5-7/h3-5H,6H2,1-2H3. The van der Waals surface area contributed by atoms with Crippen molar-refractivity contribution in [3.05, 3.63) is 33.8 Å². The molecular weight excluding hydrogens is 220 g/mol. The summed E-state index contributed by atoms with van der Waals surface area (Å²) in [5.41, 5.74) is 2.69. The minimum Gasteiger partial charge on any atom is -0.161 e. The maximum absolute atomic E-state index is 3.53. The van der Waals surface area contributed by atoms with E-state index >= 15 is 0 Å². The Morgan fingerprint density at radius 1 is 1.45 bits per heavy atom. The van der Waals surface area contributed by atoms with Crippen molar-refractivity contribution in [3.8, 4) is 0 Å². The molecule has 0 nitrogen and oxygen atoms in total. The van der Waals surface area contributed by atoms with Crippen molar-refractivity contribution in [1.82, 2.24) is 0 Å². The fraction of sp³-hybridized carbons (Fsp3) is 0.333. The van der Waals surface area contributed by atoms with Gasteiger partial charge in [-0.05, 0) is 30.4 Å². The Labute approximate surface area is 80.5 Å². The van der Waals surface area contributed by atoms with Gasteiger partial charge in [0.1, 0.15) is 0 Å². The quantitative estimate of drug-likeness (QED) is 0.749. The predicted molar refractivity (Wildman–Crippen MR) is 56.1 cm³/mol. The number of hydrogen-bond acceptors (Lipinski definition) is 1. The SMILES string of the molecule is CSCc1ccc(C)cc1Br. The second kappa shape index (κ2) is 4.17. The molecule has 0 atom stereocenters. The minimum atomic E-state index is 1.08. The number of aryl methyl sites for hydroxylation is 1. The van der Waals surface area contributed by atoms with Crippen molar-refractivity contribution in [2.45, 2.75) is 12.7 Å². The molecule has 2 heteroatoms. The lowest BCUT2D eigenvalue weighted by atomic mass is 10.2. The molecule has 0 amide bonds. The third kappa shape index (κ3) is 2.53. The van der Waals surface area contributed by atoms with Gasteiger partial charge in [-0.25, -0.2) is 0 Å². The first-order chi connectivity index (χ1) is 5.24. The molecule has 0 aliphatic rings. The molecule has 11 heavy (non-hydrogen) atoms. The van der Waals surface area contributed by atoms with Gasteiger partial charge in [0.05, 0.1) is 0 Å². The molecule has 0 unspecified atom stereocenters. The second-order valence-electron chi connectivity index (χ2n) is 2.53. The molecule has 0 saturated carbocycles. The van der Waals surface area contributed by atoms with Crippen molar-refractivity contribution < 1.29 is 0 Å². The Morgan fingerprint density at radius 3 is 2.73 bits per heavy atom. The minimum absolute atomic E-state index is 1.08. The second-order valence-corrected chi connectivity index (χ2v) is 4.25. The van der Waals surface area contributed by atoms with Crippen molar-refractivity contribution in [2.24, 2.45) is 0 Å². The first-order valence-corrected chi connectivity index (χ1v) is 5.66. The smallest absolute Gasteiger partial charge is 0.0218 e. The molecule has 0 heterocycles. The van der Waals surface area contributed by atoms with Crippen molar-refractivity contribution in [3.63, 3.8) is 0 Å². The van der Waals surface area contributed by atoms with Crippen LogP contribution in [0.3, 0.4) is 0 Å². The molecule has 0 bridgehead atoms. The van der Waals surface area contributed by atoms with E-state index in [1.165, 1.54) is 15.6 Å². The van der Waals surface area contributed by atoms with Crippen LogP contribution in [0, 0.1) is 6.92 Å². The molecule has 0 saturated heterocycles. The van der Waals surface area contributed by atoms with Crippen LogP contribution < -0.4 is 0 Å². The van der Waals surface area contributed by atoms with Gasteiger partial charge in [0.15, 0.2) is 0 Å². The van der Waals surface area contributed by atoms with E-state index in [2.05, 4.69) is 47.3 Å². The summed E-state index contributed by atoms with van der Waals surface area (Å²) >= 11 is 5.38. The lowest BCUT2D eigenvalue weighted by molar-refractivity contribution is 1.34. The van der Waals surface area contributed by atoms with Crippen LogP contribution in [0.1, 0.15) is 11.1 Å². The van der Waals surface area contributed by atoms with Crippen LogP contribution in [0.2, 0.25) is 0 Å². The molecule has 0 aliphatic heterocycles. The number of hydrogen-bond donors (Lipinski definition) is 0. The number of halogens is 1. The van der Waals surface area contributed by atoms with E-state index in [1.807, 2.05) is 11.8 Å². The molecule has 0 aliphatic carbocycles. The predicted octanol–water partition coefficient (Wildman–Crippen LogP) is 3.62. The van der Waals surface area contributed by atoms with Gasteiger partial charge in [-0.1, -0.05) is 28.1 Å². The van der Waals surface area contributed by atoms with Crippen LogP contribution in [0.25, 0.3) is 0 Å². The number of rotatable bonds is 2. The normalized spacial score (nSPS) is 10.1. The van der Waals surface area contributed by atoms with E-state index < -0.39 is 0 Å². The number of thioether (sulfide) groups is 1. The lowest BCUT2D eigenvalue weighted by Crippen LogP contribution is -1.82. The van der Waals surface area contributed by atoms with Crippen molar-refractivity contribution in [2.75, 3.05) is 6.26 Å². The van der Waals surface area contributed by atoms with Crippen molar-refractivity contribution in [1.29, 1.82) is 0 Å². The maximum Gasteiger partial charge on any atom is 0.0218 e. The summed E-state index contributed by atoms with van der Waals surface area (Å²) < 4.78 is 1.23. The van der Waals surface area contributed by atoms with Crippen LogP contribution in [-0.4, -0.2) is 6.26 Å². The average Bonchev–Trinajstić information content (AvgIpc) is 1.95. The van der Waals surface area contributed by atoms with Crippen LogP contribution in [-0.2, 0) is 5.75 Å². The molecule has 0 fully saturated rings. The van der Waals surface area contributed by atoms with E-state index in [4.69, 9.17) is 0 Å². The number of benzene rings is 1. The monoisotopic (exact) mass is 230 g/mol. The highest BCUT2D eigenvalue weighted by Gasteiger charge is 1.97. The van der Waals surface area contributed by atoms with Gasteiger partial charge < -0.3 is 0 Å². The zero-order valence-corrected chi connectivity index (χ0v) is 9.13. The van der Waals surface area contributed by atoms with Gasteiger partial charge in [0, 0.05) is 10.2 Å². The van der Waals surface area contributed by atoms with E-state index in [9.17, 15) is 0 Å². The Kier molecular flexibility index (Phi) is 3.46. The van der Waals surface area contributed by atoms with E-state index in [0.29, 0.717) is 0 Å². The lowest BCUT2D eigenvalue weighted by Gasteiger charge is -2.02. The molecule has 1 aromatic carbocycles. The zero-order valence-electron chi connectivity index (χ0n) is 6.73. The van der Waals surface area contributed by atoms with Gasteiger partial charge in [-0.3, -0.25) is 0 Å². The summed E-state index contributed by atoms with van der Waals surface area (Å²) in [6.07, 6.45) is 2.12. The highest BCUT2D eigenvalue weighted by atomic mass is 79.9. The Balaban J connectivity index is 2.90. The highest BCUT2D eigenvalue weighted by molar-refractivity contribution is 9.10. The van der Waals surface area contributed by atoms with Crippen LogP contribution in [0.15, 0.2) is 22.7 Å². The van der Waals surface area contributed by atoms with Crippen molar-refractivity contribution >= 4 is 27.7 Å². The largest absolute Gasteiger partial charge is 0.161 e. The zero-order chi connectivity index (χ0) is 8.27. The summed E-state index contributed by atoms with van der Waals surface area (Å²) in [7, 11) is 0. The average molecular weight is 231 g/mol. The molecule has 0 aromatic heterocycles. The van der Waals surface area contributed by atoms with E-state index in [-0.39, 0.29) is 0 Å². The van der Waals surface area contributed by atoms with Gasteiger partial charge in [0.2, 0.25) is 0 Å². The van der Waals surface area contributed by atoms with Gasteiger partial charge in [-0.15, -0.1) is 0 Å². The first kappa shape index (κ1) is 9.14. The van der Waals surface area contributed by atoms with Crippen LogP contribution in [0.4, 0.5) is 0 Å². The summed E-state index contributed by atoms with van der Waals surface area (Å²) in [6.45, 7) is 2.10. The summed E-state index contributed by atoms with van der Waals surface area (Å²) in [6, 6.07) is 6.48. The molecular formula is C9H11BrS. The van der Waals surface area contributed by atoms with Gasteiger partial charge in [-0.2, -0.15) is 11.8 Å². The van der Waals surface area contributed by atoms with Gasteiger partial charge in [0.25, 0.3) is 0 Å². The maximum atomic E-state index is 3.53. The summed E-state index contributed by atoms with van der Waals surface area (Å²) in [5, 5.41) is 0. The third-order valence-electron chi connectivity index (χ3n) is 1.51. The molecule has 0 N–H and O–H groups in total. The Morgan fingerprint density at radius 2 is 2.18 bits per heavy atom. The molecule has 60 valence electrons. The summed E-state index contributed by atoms with van der Waals surface area (Å²) in [4.78, 5) is 0. The molecule has 1 rings (SSSR count). The first-order valence-electron chi connectivity index (χ1n) is 3.48. The Bertz CT molecular complexity index is 245. The molecule has 0 spiro atoms. The fourth-order valence-electron chi connectivity index (χ4n) is 0.925.